The fourth-order valence-electron chi connectivity index (χ4n) is 2.28. The van der Waals surface area contributed by atoms with Crippen LogP contribution in [0.5, 0.6) is 0 Å². The molecule has 0 bridgehead atoms. The van der Waals surface area contributed by atoms with E-state index in [1.54, 1.807) is 0 Å². The molecule has 3 heteroatoms. The lowest BCUT2D eigenvalue weighted by Gasteiger charge is -2.40. The van der Waals surface area contributed by atoms with E-state index in [2.05, 4.69) is 42.0 Å². The van der Waals surface area contributed by atoms with Crippen LogP contribution in [0.25, 0.3) is 0 Å². The van der Waals surface area contributed by atoms with E-state index in [0.29, 0.717) is 11.5 Å². The summed E-state index contributed by atoms with van der Waals surface area (Å²) in [5, 5.41) is 3.62. The van der Waals surface area contributed by atoms with Gasteiger partial charge in [-0.3, -0.25) is 9.88 Å². The zero-order chi connectivity index (χ0) is 12.3. The van der Waals surface area contributed by atoms with E-state index in [0.717, 1.165) is 26.2 Å². The van der Waals surface area contributed by atoms with Crippen molar-refractivity contribution in [3.05, 3.63) is 30.1 Å². The molecule has 1 N–H and O–H groups in total. The SMILES string of the molecule is CC(C)(C)C1CN(Cc2cccnc2)CCN1. The van der Waals surface area contributed by atoms with Gasteiger partial charge in [0, 0.05) is 44.6 Å². The van der Waals surface area contributed by atoms with Gasteiger partial charge in [0.2, 0.25) is 0 Å². The van der Waals surface area contributed by atoms with Crippen molar-refractivity contribution in [2.75, 3.05) is 19.6 Å². The Morgan fingerprint density at radius 3 is 2.94 bits per heavy atom. The summed E-state index contributed by atoms with van der Waals surface area (Å²) in [5.74, 6) is 0. The highest BCUT2D eigenvalue weighted by atomic mass is 15.2. The molecule has 1 aliphatic rings. The Hall–Kier alpha value is -0.930. The quantitative estimate of drug-likeness (QED) is 0.845. The van der Waals surface area contributed by atoms with Gasteiger partial charge in [-0.2, -0.15) is 0 Å². The molecular weight excluding hydrogens is 210 g/mol. The summed E-state index contributed by atoms with van der Waals surface area (Å²) in [6.45, 7) is 11.3. The van der Waals surface area contributed by atoms with E-state index < -0.39 is 0 Å². The zero-order valence-corrected chi connectivity index (χ0v) is 11.1. The third-order valence-corrected chi connectivity index (χ3v) is 3.43. The predicted molar refractivity (Wildman–Crippen MR) is 70.8 cm³/mol. The average Bonchev–Trinajstić information content (AvgIpc) is 2.29. The molecule has 1 aliphatic heterocycles. The molecule has 2 rings (SSSR count). The van der Waals surface area contributed by atoms with Crippen LogP contribution in [0, 0.1) is 5.41 Å². The first-order chi connectivity index (χ1) is 8.05. The van der Waals surface area contributed by atoms with Crippen LogP contribution in [0.3, 0.4) is 0 Å². The number of piperazine rings is 1. The van der Waals surface area contributed by atoms with E-state index in [9.17, 15) is 0 Å². The molecule has 1 atom stereocenters. The molecule has 2 heterocycles. The summed E-state index contributed by atoms with van der Waals surface area (Å²) in [4.78, 5) is 6.69. The molecule has 1 aromatic rings. The minimum absolute atomic E-state index is 0.327. The van der Waals surface area contributed by atoms with Gasteiger partial charge in [0.15, 0.2) is 0 Å². The van der Waals surface area contributed by atoms with Crippen molar-refractivity contribution in [2.45, 2.75) is 33.4 Å². The van der Waals surface area contributed by atoms with Crippen molar-refractivity contribution in [2.24, 2.45) is 5.41 Å². The minimum atomic E-state index is 0.327. The number of nitrogens with one attached hydrogen (secondary N) is 1. The average molecular weight is 233 g/mol. The summed E-state index contributed by atoms with van der Waals surface area (Å²) < 4.78 is 0. The van der Waals surface area contributed by atoms with Crippen molar-refractivity contribution in [3.8, 4) is 0 Å². The molecule has 1 aromatic heterocycles. The van der Waals surface area contributed by atoms with Gasteiger partial charge in [-0.25, -0.2) is 0 Å². The molecule has 0 spiro atoms. The second-order valence-corrected chi connectivity index (χ2v) is 5.97. The molecule has 17 heavy (non-hydrogen) atoms. The summed E-state index contributed by atoms with van der Waals surface area (Å²) in [7, 11) is 0. The Kier molecular flexibility index (Phi) is 3.79. The van der Waals surface area contributed by atoms with Gasteiger partial charge in [-0.1, -0.05) is 26.8 Å². The van der Waals surface area contributed by atoms with Gasteiger partial charge in [0.25, 0.3) is 0 Å². The molecule has 0 aromatic carbocycles. The molecule has 0 saturated carbocycles. The van der Waals surface area contributed by atoms with E-state index in [1.165, 1.54) is 5.56 Å². The molecule has 1 saturated heterocycles. The maximum Gasteiger partial charge on any atom is 0.0312 e. The first-order valence-corrected chi connectivity index (χ1v) is 6.40. The predicted octanol–water partition coefficient (Wildman–Crippen LogP) is 1.90. The molecule has 0 aliphatic carbocycles. The first kappa shape index (κ1) is 12.5. The largest absolute Gasteiger partial charge is 0.311 e. The summed E-state index contributed by atoms with van der Waals surface area (Å²) >= 11 is 0. The Morgan fingerprint density at radius 1 is 1.47 bits per heavy atom. The lowest BCUT2D eigenvalue weighted by Crippen LogP contribution is -2.55. The second-order valence-electron chi connectivity index (χ2n) is 5.97. The summed E-state index contributed by atoms with van der Waals surface area (Å²) in [6, 6.07) is 4.74. The van der Waals surface area contributed by atoms with Crippen LogP contribution >= 0.6 is 0 Å². The standard InChI is InChI=1S/C14H23N3/c1-14(2,3)13-11-17(8-7-16-13)10-12-5-4-6-15-9-12/h4-6,9,13,16H,7-8,10-11H2,1-3H3. The normalized spacial score (nSPS) is 22.6. The van der Waals surface area contributed by atoms with Crippen molar-refractivity contribution in [1.29, 1.82) is 0 Å². The first-order valence-electron chi connectivity index (χ1n) is 6.40. The van der Waals surface area contributed by atoms with Crippen LogP contribution < -0.4 is 5.32 Å². The topological polar surface area (TPSA) is 28.2 Å². The molecule has 1 fully saturated rings. The van der Waals surface area contributed by atoms with Gasteiger partial charge in [-0.05, 0) is 17.0 Å². The summed E-state index contributed by atoms with van der Waals surface area (Å²) in [5.41, 5.74) is 1.63. The zero-order valence-electron chi connectivity index (χ0n) is 11.1. The fourth-order valence-corrected chi connectivity index (χ4v) is 2.28. The maximum absolute atomic E-state index is 4.18. The third kappa shape index (κ3) is 3.51. The molecule has 1 unspecified atom stereocenters. The highest BCUT2D eigenvalue weighted by molar-refractivity contribution is 5.08. The van der Waals surface area contributed by atoms with Crippen LogP contribution in [-0.4, -0.2) is 35.6 Å². The van der Waals surface area contributed by atoms with Crippen molar-refractivity contribution >= 4 is 0 Å². The van der Waals surface area contributed by atoms with Crippen LogP contribution in [0.15, 0.2) is 24.5 Å². The smallest absolute Gasteiger partial charge is 0.0312 e. The number of aromatic nitrogens is 1. The van der Waals surface area contributed by atoms with E-state index in [4.69, 9.17) is 0 Å². The van der Waals surface area contributed by atoms with Crippen molar-refractivity contribution < 1.29 is 0 Å². The highest BCUT2D eigenvalue weighted by Crippen LogP contribution is 2.22. The Balaban J connectivity index is 1.94. The second kappa shape index (κ2) is 5.15. The summed E-state index contributed by atoms with van der Waals surface area (Å²) in [6.07, 6.45) is 3.80. The molecule has 0 amide bonds. The Bertz CT molecular complexity index is 342. The van der Waals surface area contributed by atoms with Crippen molar-refractivity contribution in [1.82, 2.24) is 15.2 Å². The van der Waals surface area contributed by atoms with Gasteiger partial charge < -0.3 is 5.32 Å². The Labute approximate surface area is 104 Å². The van der Waals surface area contributed by atoms with Gasteiger partial charge in [-0.15, -0.1) is 0 Å². The number of hydrogen-bond donors (Lipinski definition) is 1. The lowest BCUT2D eigenvalue weighted by molar-refractivity contribution is 0.129. The van der Waals surface area contributed by atoms with Gasteiger partial charge in [0.05, 0.1) is 0 Å². The minimum Gasteiger partial charge on any atom is -0.311 e. The maximum atomic E-state index is 4.18. The van der Waals surface area contributed by atoms with Gasteiger partial charge >= 0.3 is 0 Å². The van der Waals surface area contributed by atoms with Crippen LogP contribution in [0.4, 0.5) is 0 Å². The molecule has 0 radical (unpaired) electrons. The van der Waals surface area contributed by atoms with Crippen molar-refractivity contribution in [3.63, 3.8) is 0 Å². The number of hydrogen-bond acceptors (Lipinski definition) is 3. The van der Waals surface area contributed by atoms with E-state index >= 15 is 0 Å². The third-order valence-electron chi connectivity index (χ3n) is 3.43. The monoisotopic (exact) mass is 233 g/mol. The lowest BCUT2D eigenvalue weighted by atomic mass is 9.85. The number of nitrogens with zero attached hydrogens (tertiary/aromatic N) is 2. The van der Waals surface area contributed by atoms with E-state index in [-0.39, 0.29) is 0 Å². The molecular formula is C14H23N3. The van der Waals surface area contributed by atoms with Gasteiger partial charge in [0.1, 0.15) is 0 Å². The van der Waals surface area contributed by atoms with Crippen LogP contribution in [0.2, 0.25) is 0 Å². The van der Waals surface area contributed by atoms with Crippen LogP contribution in [-0.2, 0) is 6.54 Å². The number of pyridine rings is 1. The highest BCUT2D eigenvalue weighted by Gasteiger charge is 2.28. The fraction of sp³-hybridized carbons (Fsp3) is 0.643. The number of rotatable bonds is 2. The molecule has 94 valence electrons. The van der Waals surface area contributed by atoms with Crippen LogP contribution in [0.1, 0.15) is 26.3 Å². The Morgan fingerprint density at radius 2 is 2.29 bits per heavy atom. The molecule has 3 nitrogen and oxygen atoms in total. The van der Waals surface area contributed by atoms with E-state index in [1.807, 2.05) is 18.5 Å².